The lowest BCUT2D eigenvalue weighted by Crippen LogP contribution is -2.36. The van der Waals surface area contributed by atoms with Crippen molar-refractivity contribution in [3.8, 4) is 0 Å². The summed E-state index contributed by atoms with van der Waals surface area (Å²) in [6.07, 6.45) is 5.95. The lowest BCUT2D eigenvalue weighted by molar-refractivity contribution is 0.0827. The molecule has 138 valence electrons. The van der Waals surface area contributed by atoms with Crippen molar-refractivity contribution in [3.63, 3.8) is 0 Å². The molecule has 1 unspecified atom stereocenters. The highest BCUT2D eigenvalue weighted by Gasteiger charge is 2.21. The second-order valence-corrected chi connectivity index (χ2v) is 7.23. The van der Waals surface area contributed by atoms with Crippen molar-refractivity contribution >= 4 is 11.7 Å². The zero-order valence-electron chi connectivity index (χ0n) is 15.5. The van der Waals surface area contributed by atoms with Crippen LogP contribution in [0.15, 0.2) is 42.6 Å². The van der Waals surface area contributed by atoms with E-state index in [1.807, 2.05) is 18.2 Å². The lowest BCUT2D eigenvalue weighted by Gasteiger charge is -2.33. The number of nitrogens with zero attached hydrogens (tertiary/aromatic N) is 3. The Labute approximate surface area is 154 Å². The van der Waals surface area contributed by atoms with Crippen LogP contribution >= 0.6 is 0 Å². The van der Waals surface area contributed by atoms with Gasteiger partial charge in [-0.05, 0) is 61.4 Å². The molecular weight excluding hydrogens is 329 g/mol. The van der Waals surface area contributed by atoms with Gasteiger partial charge in [-0.1, -0.05) is 12.1 Å². The Morgan fingerprint density at radius 3 is 2.85 bits per heavy atom. The smallest absolute Gasteiger partial charge is 0.254 e. The monoisotopic (exact) mass is 355 g/mol. The Hall–Kier alpha value is -2.43. The Balaban J connectivity index is 1.58. The van der Waals surface area contributed by atoms with Crippen LogP contribution in [0, 0.1) is 11.7 Å². The van der Waals surface area contributed by atoms with E-state index in [0.717, 1.165) is 43.7 Å². The molecule has 2 heterocycles. The normalized spacial score (nSPS) is 17.2. The summed E-state index contributed by atoms with van der Waals surface area (Å²) in [6, 6.07) is 10.7. The number of amides is 1. The highest BCUT2D eigenvalue weighted by Crippen LogP contribution is 2.25. The zero-order chi connectivity index (χ0) is 18.5. The van der Waals surface area contributed by atoms with Gasteiger partial charge in [0, 0.05) is 33.4 Å². The molecule has 0 radical (unpaired) electrons. The third kappa shape index (κ3) is 4.59. The standard InChI is InChI=1S/C21H26FN3O/c1-24(2)21(26)18-10-11-20(23-14-18)25-12-4-6-17(15-25)9-8-16-5-3-7-19(22)13-16/h3,5,7,10-11,13-14,17H,4,6,8-9,12,15H2,1-2H3. The fourth-order valence-electron chi connectivity index (χ4n) is 3.53. The molecule has 0 saturated carbocycles. The second-order valence-electron chi connectivity index (χ2n) is 7.23. The first-order valence-corrected chi connectivity index (χ1v) is 9.20. The van der Waals surface area contributed by atoms with Gasteiger partial charge in [0.2, 0.25) is 0 Å². The van der Waals surface area contributed by atoms with Crippen LogP contribution in [0.2, 0.25) is 0 Å². The first kappa shape index (κ1) is 18.4. The number of aryl methyl sites for hydroxylation is 1. The topological polar surface area (TPSA) is 36.4 Å². The van der Waals surface area contributed by atoms with Crippen molar-refractivity contribution in [2.45, 2.75) is 25.7 Å². The van der Waals surface area contributed by atoms with Crippen LogP contribution in [-0.4, -0.2) is 43.0 Å². The van der Waals surface area contributed by atoms with Crippen LogP contribution in [-0.2, 0) is 6.42 Å². The first-order chi connectivity index (χ1) is 12.5. The highest BCUT2D eigenvalue weighted by atomic mass is 19.1. The number of piperidine rings is 1. The van der Waals surface area contributed by atoms with Gasteiger partial charge in [0.1, 0.15) is 11.6 Å². The summed E-state index contributed by atoms with van der Waals surface area (Å²) in [5.74, 6) is 1.31. The summed E-state index contributed by atoms with van der Waals surface area (Å²) >= 11 is 0. The number of pyridine rings is 1. The largest absolute Gasteiger partial charge is 0.356 e. The van der Waals surface area contributed by atoms with Crippen LogP contribution < -0.4 is 4.90 Å². The number of aromatic nitrogens is 1. The molecule has 4 nitrogen and oxygen atoms in total. The average molecular weight is 355 g/mol. The maximum absolute atomic E-state index is 13.3. The molecule has 0 spiro atoms. The number of rotatable bonds is 5. The van der Waals surface area contributed by atoms with Crippen molar-refractivity contribution in [1.82, 2.24) is 9.88 Å². The van der Waals surface area contributed by atoms with Gasteiger partial charge < -0.3 is 9.80 Å². The van der Waals surface area contributed by atoms with Crippen LogP contribution in [0.5, 0.6) is 0 Å². The van der Waals surface area contributed by atoms with Gasteiger partial charge in [0.15, 0.2) is 0 Å². The van der Waals surface area contributed by atoms with E-state index in [9.17, 15) is 9.18 Å². The molecule has 0 aliphatic carbocycles. The summed E-state index contributed by atoms with van der Waals surface area (Å²) in [4.78, 5) is 20.3. The fraction of sp³-hybridized carbons (Fsp3) is 0.429. The van der Waals surface area contributed by atoms with E-state index < -0.39 is 0 Å². The number of carbonyl (C=O) groups is 1. The number of hydrogen-bond donors (Lipinski definition) is 0. The van der Waals surface area contributed by atoms with Gasteiger partial charge in [-0.15, -0.1) is 0 Å². The van der Waals surface area contributed by atoms with E-state index in [4.69, 9.17) is 0 Å². The van der Waals surface area contributed by atoms with Gasteiger partial charge in [-0.25, -0.2) is 9.37 Å². The van der Waals surface area contributed by atoms with Crippen LogP contribution in [0.1, 0.15) is 35.2 Å². The Bertz CT molecular complexity index is 745. The van der Waals surface area contributed by atoms with Crippen molar-refractivity contribution in [1.29, 1.82) is 0 Å². The second kappa shape index (κ2) is 8.30. The minimum absolute atomic E-state index is 0.0318. The first-order valence-electron chi connectivity index (χ1n) is 9.20. The maximum Gasteiger partial charge on any atom is 0.254 e. The van der Waals surface area contributed by atoms with Crippen molar-refractivity contribution < 1.29 is 9.18 Å². The van der Waals surface area contributed by atoms with Gasteiger partial charge >= 0.3 is 0 Å². The lowest BCUT2D eigenvalue weighted by atomic mass is 9.91. The predicted molar refractivity (Wildman–Crippen MR) is 102 cm³/mol. The van der Waals surface area contributed by atoms with E-state index >= 15 is 0 Å². The molecule has 0 bridgehead atoms. The minimum atomic E-state index is -0.163. The molecule has 1 aromatic heterocycles. The predicted octanol–water partition coefficient (Wildman–Crippen LogP) is 3.77. The van der Waals surface area contributed by atoms with E-state index in [1.165, 1.54) is 12.5 Å². The number of halogens is 1. The van der Waals surface area contributed by atoms with E-state index in [2.05, 4.69) is 9.88 Å². The summed E-state index contributed by atoms with van der Waals surface area (Å²) < 4.78 is 13.3. The minimum Gasteiger partial charge on any atom is -0.356 e. The summed E-state index contributed by atoms with van der Waals surface area (Å²) in [5.41, 5.74) is 1.67. The number of anilines is 1. The molecule has 3 rings (SSSR count). The molecule has 1 aliphatic rings. The van der Waals surface area contributed by atoms with E-state index in [-0.39, 0.29) is 11.7 Å². The molecule has 5 heteroatoms. The summed E-state index contributed by atoms with van der Waals surface area (Å²) in [6.45, 7) is 1.95. The van der Waals surface area contributed by atoms with Crippen LogP contribution in [0.25, 0.3) is 0 Å². The van der Waals surface area contributed by atoms with Gasteiger partial charge in [-0.2, -0.15) is 0 Å². The summed E-state index contributed by atoms with van der Waals surface area (Å²) in [5, 5.41) is 0. The molecular formula is C21H26FN3O. The molecule has 1 fully saturated rings. The van der Waals surface area contributed by atoms with Crippen molar-refractivity contribution in [2.75, 3.05) is 32.1 Å². The SMILES string of the molecule is CN(C)C(=O)c1ccc(N2CCCC(CCc3cccc(F)c3)C2)nc1. The molecule has 2 aromatic rings. The number of carbonyl (C=O) groups excluding carboxylic acids is 1. The number of benzene rings is 1. The third-order valence-electron chi connectivity index (χ3n) is 4.97. The molecule has 1 saturated heterocycles. The molecule has 26 heavy (non-hydrogen) atoms. The molecule has 1 aromatic carbocycles. The Morgan fingerprint density at radius 2 is 2.15 bits per heavy atom. The Morgan fingerprint density at radius 1 is 1.31 bits per heavy atom. The average Bonchev–Trinajstić information content (AvgIpc) is 2.66. The van der Waals surface area contributed by atoms with E-state index in [1.54, 1.807) is 37.3 Å². The zero-order valence-corrected chi connectivity index (χ0v) is 15.5. The molecule has 1 amide bonds. The number of hydrogen-bond acceptors (Lipinski definition) is 3. The van der Waals surface area contributed by atoms with E-state index in [0.29, 0.717) is 11.5 Å². The molecule has 1 atom stereocenters. The third-order valence-corrected chi connectivity index (χ3v) is 4.97. The van der Waals surface area contributed by atoms with Gasteiger partial charge in [0.25, 0.3) is 5.91 Å². The maximum atomic E-state index is 13.3. The fourth-order valence-corrected chi connectivity index (χ4v) is 3.53. The molecule has 0 N–H and O–H groups in total. The summed E-state index contributed by atoms with van der Waals surface area (Å²) in [7, 11) is 3.48. The van der Waals surface area contributed by atoms with Gasteiger partial charge in [0.05, 0.1) is 5.56 Å². The molecule has 1 aliphatic heterocycles. The highest BCUT2D eigenvalue weighted by molar-refractivity contribution is 5.93. The van der Waals surface area contributed by atoms with Gasteiger partial charge in [-0.3, -0.25) is 4.79 Å². The van der Waals surface area contributed by atoms with Crippen molar-refractivity contribution in [3.05, 3.63) is 59.5 Å². The quantitative estimate of drug-likeness (QED) is 0.819. The van der Waals surface area contributed by atoms with Crippen LogP contribution in [0.4, 0.5) is 10.2 Å². The van der Waals surface area contributed by atoms with Crippen molar-refractivity contribution in [2.24, 2.45) is 5.92 Å². The van der Waals surface area contributed by atoms with Crippen LogP contribution in [0.3, 0.4) is 0 Å². The Kier molecular flexibility index (Phi) is 5.86.